The molecule has 2 aromatic carbocycles. The average Bonchev–Trinajstić information content (AvgIpc) is 2.62. The third-order valence-corrected chi connectivity index (χ3v) is 3.41. The maximum atomic E-state index is 11.0. The van der Waals surface area contributed by atoms with E-state index in [0.717, 1.165) is 28.3 Å². The first-order valence-corrected chi connectivity index (χ1v) is 7.08. The molecule has 0 aliphatic rings. The van der Waals surface area contributed by atoms with Crippen LogP contribution in [0.4, 0.5) is 0 Å². The molecule has 0 saturated heterocycles. The molecule has 0 radical (unpaired) electrons. The molecule has 120 valence electrons. The third-order valence-electron chi connectivity index (χ3n) is 3.41. The number of methoxy groups -OCH3 is 2. The molecule has 24 heavy (non-hydrogen) atoms. The van der Waals surface area contributed by atoms with Crippen LogP contribution >= 0.6 is 0 Å². The van der Waals surface area contributed by atoms with Crippen LogP contribution in [0.2, 0.25) is 0 Å². The van der Waals surface area contributed by atoms with Gasteiger partial charge in [-0.3, -0.25) is 0 Å². The fourth-order valence-electron chi connectivity index (χ4n) is 2.24. The minimum absolute atomic E-state index is 0. The molecular formula is C18H19N2O3Rb. The Bertz CT molecular complexity index is 682. The van der Waals surface area contributed by atoms with E-state index in [2.05, 4.69) is 10.6 Å². The molecule has 0 saturated carbocycles. The number of rotatable bonds is 7. The van der Waals surface area contributed by atoms with E-state index < -0.39 is 0 Å². The number of ether oxygens (including phenoxy) is 2. The van der Waals surface area contributed by atoms with Crippen molar-refractivity contribution in [2.45, 2.75) is 0 Å². The number of nitrogens with one attached hydrogen (secondary N) is 1. The van der Waals surface area contributed by atoms with Crippen molar-refractivity contribution in [1.29, 1.82) is 0 Å². The van der Waals surface area contributed by atoms with Gasteiger partial charge in [0.1, 0.15) is 11.5 Å². The second-order valence-corrected chi connectivity index (χ2v) is 4.67. The van der Waals surface area contributed by atoms with Gasteiger partial charge in [-0.1, -0.05) is 12.1 Å². The Labute approximate surface area is 191 Å². The maximum Gasteiger partial charge on any atom is 1.00 e. The van der Waals surface area contributed by atoms with Crippen LogP contribution in [0, 0.1) is 0 Å². The van der Waals surface area contributed by atoms with Gasteiger partial charge in [0.25, 0.3) is 0 Å². The fourth-order valence-corrected chi connectivity index (χ4v) is 2.24. The van der Waals surface area contributed by atoms with Gasteiger partial charge in [0.2, 0.25) is 0 Å². The minimum atomic E-state index is 0. The van der Waals surface area contributed by atoms with Crippen LogP contribution in [-0.4, -0.2) is 27.7 Å². The molecular weight excluding hydrogens is 378 g/mol. The molecule has 2 aromatic rings. The third kappa shape index (κ3) is 5.18. The summed E-state index contributed by atoms with van der Waals surface area (Å²) < 4.78 is 10.3. The molecule has 0 heterocycles. The number of hydrogen-bond donors (Lipinski definition) is 1. The van der Waals surface area contributed by atoms with E-state index in [4.69, 9.17) is 9.47 Å². The molecule has 5 nitrogen and oxygen atoms in total. The summed E-state index contributed by atoms with van der Waals surface area (Å²) in [6, 6.07) is 14.9. The van der Waals surface area contributed by atoms with Crippen LogP contribution < -0.4 is 73.0 Å². The summed E-state index contributed by atoms with van der Waals surface area (Å²) in [6.45, 7) is 0. The molecule has 1 amide bonds. The van der Waals surface area contributed by atoms with Gasteiger partial charge in [-0.05, 0) is 47.5 Å². The number of nitrogens with zero attached hydrogens (tertiary/aromatic N) is 1. The van der Waals surface area contributed by atoms with Crippen LogP contribution in [0.3, 0.4) is 0 Å². The van der Waals surface area contributed by atoms with Crippen molar-refractivity contribution in [2.75, 3.05) is 21.3 Å². The Balaban J connectivity index is 0.00000288. The van der Waals surface area contributed by atoms with Gasteiger partial charge in [-0.25, -0.2) is 0 Å². The van der Waals surface area contributed by atoms with Gasteiger partial charge in [-0.15, -0.1) is 5.70 Å². The van der Waals surface area contributed by atoms with Crippen LogP contribution in [0.5, 0.6) is 11.5 Å². The van der Waals surface area contributed by atoms with Crippen molar-refractivity contribution in [3.8, 4) is 11.5 Å². The van der Waals surface area contributed by atoms with E-state index in [0.29, 0.717) is 12.1 Å². The molecule has 6 heteroatoms. The van der Waals surface area contributed by atoms with Crippen molar-refractivity contribution in [3.05, 3.63) is 65.0 Å². The molecule has 0 aliphatic heterocycles. The topological polar surface area (TPSA) is 61.7 Å². The zero-order chi connectivity index (χ0) is 16.7. The van der Waals surface area contributed by atoms with E-state index >= 15 is 0 Å². The first-order chi connectivity index (χ1) is 11.2. The first kappa shape index (κ1) is 20.9. The summed E-state index contributed by atoms with van der Waals surface area (Å²) in [5.41, 5.74) is 3.04. The summed E-state index contributed by atoms with van der Waals surface area (Å²) in [4.78, 5) is 11.0. The molecule has 2 rings (SSSR count). The SMILES string of the molecule is CN/C(=C(\[N-]C=O)c1ccc(OC)cc1)c1ccc(OC)cc1.[Rb+]. The van der Waals surface area contributed by atoms with E-state index in [9.17, 15) is 4.79 Å². The van der Waals surface area contributed by atoms with Crippen molar-refractivity contribution < 1.29 is 72.5 Å². The second-order valence-electron chi connectivity index (χ2n) is 4.67. The minimum Gasteiger partial charge on any atom is -0.628 e. The Hall–Kier alpha value is -1.14. The normalized spacial score (nSPS) is 10.8. The zero-order valence-electron chi connectivity index (χ0n) is 14.4. The number of hydrogen-bond acceptors (Lipinski definition) is 4. The molecule has 0 atom stereocenters. The van der Waals surface area contributed by atoms with Gasteiger partial charge in [0.15, 0.2) is 0 Å². The van der Waals surface area contributed by atoms with Crippen molar-refractivity contribution in [3.63, 3.8) is 0 Å². The Morgan fingerprint density at radius 1 is 0.917 bits per heavy atom. The Kier molecular flexibility index (Phi) is 9.29. The van der Waals surface area contributed by atoms with Crippen LogP contribution in [-0.2, 0) is 4.79 Å². The number of carbonyl (C=O) groups excluding carboxylic acids is 1. The Morgan fingerprint density at radius 3 is 1.75 bits per heavy atom. The quantitative estimate of drug-likeness (QED) is 0.539. The van der Waals surface area contributed by atoms with Crippen LogP contribution in [0.1, 0.15) is 11.1 Å². The summed E-state index contributed by atoms with van der Waals surface area (Å²) in [5, 5.41) is 7.13. The monoisotopic (exact) mass is 396 g/mol. The van der Waals surface area contributed by atoms with E-state index in [1.807, 2.05) is 48.5 Å². The fraction of sp³-hybridized carbons (Fsp3) is 0.167. The molecule has 0 bridgehead atoms. The van der Waals surface area contributed by atoms with Gasteiger partial charge < -0.3 is 24.9 Å². The number of amides is 1. The molecule has 0 aliphatic carbocycles. The maximum absolute atomic E-state index is 11.0. The van der Waals surface area contributed by atoms with Gasteiger partial charge in [-0.2, -0.15) is 0 Å². The molecule has 0 spiro atoms. The van der Waals surface area contributed by atoms with E-state index in [-0.39, 0.29) is 58.2 Å². The molecule has 0 fully saturated rings. The van der Waals surface area contributed by atoms with Crippen molar-refractivity contribution in [1.82, 2.24) is 5.32 Å². The van der Waals surface area contributed by atoms with Crippen molar-refractivity contribution >= 4 is 17.8 Å². The summed E-state index contributed by atoms with van der Waals surface area (Å²) in [5.74, 6) is 1.51. The second kappa shape index (κ2) is 10.7. The van der Waals surface area contributed by atoms with Gasteiger partial charge >= 0.3 is 58.2 Å². The number of benzene rings is 2. The molecule has 1 N–H and O–H groups in total. The molecule has 0 unspecified atom stereocenters. The van der Waals surface area contributed by atoms with Crippen LogP contribution in [0.15, 0.2) is 48.5 Å². The van der Waals surface area contributed by atoms with E-state index in [1.54, 1.807) is 21.3 Å². The number of carbonyl (C=O) groups is 1. The summed E-state index contributed by atoms with van der Waals surface area (Å²) in [7, 11) is 5.02. The molecule has 0 aromatic heterocycles. The zero-order valence-corrected chi connectivity index (χ0v) is 19.3. The van der Waals surface area contributed by atoms with Crippen LogP contribution in [0.25, 0.3) is 16.7 Å². The smallest absolute Gasteiger partial charge is 0.628 e. The standard InChI is InChI=1S/C18H20N2O3.Rb/c1-19-17(13-4-8-15(22-2)9-5-13)18(20-12-21)14-6-10-16(23-3)11-7-14;/h4-12,19H,1-3H3,(H,20,21);/q;+1/p-1/b18-17-;. The van der Waals surface area contributed by atoms with Gasteiger partial charge in [0.05, 0.1) is 14.2 Å². The predicted octanol–water partition coefficient (Wildman–Crippen LogP) is 0.283. The van der Waals surface area contributed by atoms with Crippen molar-refractivity contribution in [2.24, 2.45) is 0 Å². The largest absolute Gasteiger partial charge is 1.00 e. The first-order valence-electron chi connectivity index (χ1n) is 7.08. The predicted molar refractivity (Wildman–Crippen MR) is 91.3 cm³/mol. The van der Waals surface area contributed by atoms with E-state index in [1.165, 1.54) is 0 Å². The average molecular weight is 397 g/mol. The summed E-state index contributed by atoms with van der Waals surface area (Å²) >= 11 is 0. The summed E-state index contributed by atoms with van der Waals surface area (Å²) in [6.07, 6.45) is 0.542. The Morgan fingerprint density at radius 2 is 1.38 bits per heavy atom. The van der Waals surface area contributed by atoms with Gasteiger partial charge in [0, 0.05) is 19.2 Å².